The van der Waals surface area contributed by atoms with E-state index in [1.165, 1.54) is 7.05 Å². The number of nitrogens with one attached hydrogen (secondary N) is 1. The number of esters is 1. The lowest BCUT2D eigenvalue weighted by Crippen LogP contribution is -2.25. The summed E-state index contributed by atoms with van der Waals surface area (Å²) >= 11 is 0. The summed E-state index contributed by atoms with van der Waals surface area (Å²) in [7, 11) is 1.30. The fraction of sp³-hybridized carbons (Fsp3) is 0.500. The van der Waals surface area contributed by atoms with E-state index in [0.717, 1.165) is 4.90 Å². The third-order valence-electron chi connectivity index (χ3n) is 2.03. The van der Waals surface area contributed by atoms with Crippen LogP contribution >= 0.6 is 0 Å². The maximum Gasteiger partial charge on any atom is 0.376 e. The lowest BCUT2D eigenvalue weighted by Gasteiger charge is -2.09. The van der Waals surface area contributed by atoms with Gasteiger partial charge < -0.3 is 9.47 Å². The van der Waals surface area contributed by atoms with Crippen molar-refractivity contribution < 1.29 is 23.9 Å². The van der Waals surface area contributed by atoms with Crippen LogP contribution in [-0.2, 0) is 19.1 Å². The number of amides is 3. The summed E-state index contributed by atoms with van der Waals surface area (Å²) in [5.74, 6) is -1.66. The molecular formula is C10H14N2O5. The Hall–Kier alpha value is -2.05. The summed E-state index contributed by atoms with van der Waals surface area (Å²) in [6, 6.07) is -0.605. The van der Waals surface area contributed by atoms with Crippen LogP contribution in [0.3, 0.4) is 0 Å². The number of imide groups is 1. The number of urea groups is 1. The van der Waals surface area contributed by atoms with Gasteiger partial charge in [-0.1, -0.05) is 0 Å². The maximum atomic E-state index is 11.6. The molecular weight excluding hydrogens is 228 g/mol. The van der Waals surface area contributed by atoms with Gasteiger partial charge in [0.15, 0.2) is 5.70 Å². The fourth-order valence-electron chi connectivity index (χ4n) is 1.23. The Bertz CT molecular complexity index is 388. The topological polar surface area (TPSA) is 84.9 Å². The van der Waals surface area contributed by atoms with E-state index < -0.39 is 17.9 Å². The van der Waals surface area contributed by atoms with Crippen LogP contribution in [0.5, 0.6) is 0 Å². The number of hydrogen-bond acceptors (Lipinski definition) is 5. The molecule has 7 nitrogen and oxygen atoms in total. The lowest BCUT2D eigenvalue weighted by atomic mass is 10.3. The van der Waals surface area contributed by atoms with E-state index in [1.54, 1.807) is 13.8 Å². The number of carbonyl (C=O) groups is 3. The van der Waals surface area contributed by atoms with Crippen LogP contribution < -0.4 is 5.32 Å². The summed E-state index contributed by atoms with van der Waals surface area (Å²) in [6.07, 6.45) is 0. The predicted molar refractivity (Wildman–Crippen MR) is 56.6 cm³/mol. The van der Waals surface area contributed by atoms with E-state index in [-0.39, 0.29) is 24.7 Å². The zero-order valence-corrected chi connectivity index (χ0v) is 9.90. The van der Waals surface area contributed by atoms with Crippen molar-refractivity contribution in [2.75, 3.05) is 20.3 Å². The number of rotatable bonds is 4. The highest BCUT2D eigenvalue weighted by molar-refractivity contribution is 6.14. The van der Waals surface area contributed by atoms with Gasteiger partial charge in [0.25, 0.3) is 5.91 Å². The zero-order valence-electron chi connectivity index (χ0n) is 9.90. The highest BCUT2D eigenvalue weighted by Gasteiger charge is 2.36. The predicted octanol–water partition coefficient (Wildman–Crippen LogP) is -0.0208. The normalized spacial score (nSPS) is 17.9. The second-order valence-corrected chi connectivity index (χ2v) is 3.15. The molecule has 0 bridgehead atoms. The van der Waals surface area contributed by atoms with Gasteiger partial charge in [0.2, 0.25) is 5.76 Å². The average Bonchev–Trinajstić information content (AvgIpc) is 2.54. The van der Waals surface area contributed by atoms with Gasteiger partial charge in [0.05, 0.1) is 13.2 Å². The number of nitrogens with zero attached hydrogens (tertiary/aromatic N) is 1. The molecule has 0 saturated carbocycles. The van der Waals surface area contributed by atoms with Crippen molar-refractivity contribution in [2.45, 2.75) is 13.8 Å². The summed E-state index contributed by atoms with van der Waals surface area (Å²) in [4.78, 5) is 35.3. The Balaban J connectivity index is 3.07. The molecule has 0 aromatic carbocycles. The summed E-state index contributed by atoms with van der Waals surface area (Å²) in [5, 5.41) is 2.27. The van der Waals surface area contributed by atoms with Crippen molar-refractivity contribution >= 4 is 17.9 Å². The van der Waals surface area contributed by atoms with E-state index in [9.17, 15) is 14.4 Å². The van der Waals surface area contributed by atoms with E-state index in [2.05, 4.69) is 5.32 Å². The molecule has 1 heterocycles. The molecule has 17 heavy (non-hydrogen) atoms. The molecule has 0 radical (unpaired) electrons. The first-order valence-corrected chi connectivity index (χ1v) is 5.16. The van der Waals surface area contributed by atoms with Crippen LogP contribution in [0.4, 0.5) is 4.79 Å². The standard InChI is InChI=1S/C10H14N2O5/c1-4-16-7(9(14)17-5-2)6-8(13)12(3)10(15)11-6/h4-5H2,1-3H3,(H,11,15)/b7-6+. The molecule has 1 saturated heterocycles. The van der Waals surface area contributed by atoms with E-state index in [0.29, 0.717) is 0 Å². The number of ether oxygens (including phenoxy) is 2. The van der Waals surface area contributed by atoms with Gasteiger partial charge in [-0.25, -0.2) is 9.59 Å². The molecule has 0 aromatic rings. The van der Waals surface area contributed by atoms with Crippen LogP contribution in [-0.4, -0.2) is 43.1 Å². The minimum atomic E-state index is -0.770. The number of carbonyl (C=O) groups excluding carboxylic acids is 3. The first kappa shape index (κ1) is 13.0. The Morgan fingerprint density at radius 2 is 1.82 bits per heavy atom. The van der Waals surface area contributed by atoms with Crippen molar-refractivity contribution in [3.63, 3.8) is 0 Å². The molecule has 0 unspecified atom stereocenters. The van der Waals surface area contributed by atoms with Gasteiger partial charge in [-0.2, -0.15) is 0 Å². The van der Waals surface area contributed by atoms with Gasteiger partial charge in [-0.05, 0) is 13.8 Å². The van der Waals surface area contributed by atoms with Crippen molar-refractivity contribution in [1.29, 1.82) is 0 Å². The van der Waals surface area contributed by atoms with Crippen LogP contribution in [0, 0.1) is 0 Å². The molecule has 94 valence electrons. The van der Waals surface area contributed by atoms with Gasteiger partial charge in [-0.15, -0.1) is 0 Å². The van der Waals surface area contributed by atoms with Gasteiger partial charge in [0.1, 0.15) is 0 Å². The first-order chi connectivity index (χ1) is 8.02. The highest BCUT2D eigenvalue weighted by atomic mass is 16.6. The second kappa shape index (κ2) is 5.33. The summed E-state index contributed by atoms with van der Waals surface area (Å²) in [6.45, 7) is 3.63. The minimum absolute atomic E-state index is 0.153. The van der Waals surface area contributed by atoms with Crippen LogP contribution in [0.25, 0.3) is 0 Å². The molecule has 0 atom stereocenters. The Morgan fingerprint density at radius 1 is 1.24 bits per heavy atom. The molecule has 3 amide bonds. The minimum Gasteiger partial charge on any atom is -0.485 e. The number of likely N-dealkylation sites (N-methyl/N-ethyl adjacent to an activating group) is 1. The van der Waals surface area contributed by atoms with E-state index in [1.807, 2.05) is 0 Å². The van der Waals surface area contributed by atoms with Crippen LogP contribution in [0.2, 0.25) is 0 Å². The van der Waals surface area contributed by atoms with Crippen molar-refractivity contribution in [2.24, 2.45) is 0 Å². The molecule has 1 fully saturated rings. The van der Waals surface area contributed by atoms with Crippen molar-refractivity contribution in [1.82, 2.24) is 10.2 Å². The Morgan fingerprint density at radius 3 is 2.24 bits per heavy atom. The second-order valence-electron chi connectivity index (χ2n) is 3.15. The lowest BCUT2D eigenvalue weighted by molar-refractivity contribution is -0.143. The number of hydrogen-bond donors (Lipinski definition) is 1. The monoisotopic (exact) mass is 242 g/mol. The van der Waals surface area contributed by atoms with Gasteiger partial charge in [0, 0.05) is 7.05 Å². The smallest absolute Gasteiger partial charge is 0.376 e. The molecule has 1 N–H and O–H groups in total. The molecule has 1 aliphatic heterocycles. The Kier molecular flexibility index (Phi) is 4.08. The molecule has 7 heteroatoms. The first-order valence-electron chi connectivity index (χ1n) is 5.16. The quantitative estimate of drug-likeness (QED) is 0.324. The van der Waals surface area contributed by atoms with E-state index >= 15 is 0 Å². The van der Waals surface area contributed by atoms with Gasteiger partial charge >= 0.3 is 12.0 Å². The van der Waals surface area contributed by atoms with Crippen molar-refractivity contribution in [3.8, 4) is 0 Å². The van der Waals surface area contributed by atoms with E-state index in [4.69, 9.17) is 9.47 Å². The SMILES string of the molecule is CCOC(=O)/C(OCC)=C1\NC(=O)N(C)C1=O. The third kappa shape index (κ3) is 2.55. The summed E-state index contributed by atoms with van der Waals surface area (Å²) in [5.41, 5.74) is -0.183. The summed E-state index contributed by atoms with van der Waals surface area (Å²) < 4.78 is 9.79. The molecule has 0 aromatic heterocycles. The highest BCUT2D eigenvalue weighted by Crippen LogP contribution is 2.14. The fourth-order valence-corrected chi connectivity index (χ4v) is 1.23. The zero-order chi connectivity index (χ0) is 13.0. The van der Waals surface area contributed by atoms with Crippen LogP contribution in [0.15, 0.2) is 11.5 Å². The molecule has 1 rings (SSSR count). The third-order valence-corrected chi connectivity index (χ3v) is 2.03. The van der Waals surface area contributed by atoms with Crippen molar-refractivity contribution in [3.05, 3.63) is 11.5 Å². The molecule has 0 aliphatic carbocycles. The average molecular weight is 242 g/mol. The van der Waals surface area contributed by atoms with Crippen LogP contribution in [0.1, 0.15) is 13.8 Å². The molecule has 1 aliphatic rings. The van der Waals surface area contributed by atoms with Gasteiger partial charge in [-0.3, -0.25) is 15.0 Å². The molecule has 0 spiro atoms. The maximum absolute atomic E-state index is 11.6. The largest absolute Gasteiger partial charge is 0.485 e. The Labute approximate surface area is 98.3 Å².